The molecule has 0 aliphatic rings. The first-order chi connectivity index (χ1) is 13.8. The molecule has 2 aromatic carbocycles. The van der Waals surface area contributed by atoms with E-state index in [2.05, 4.69) is 39.2 Å². The molecular weight excluding hydrogens is 348 g/mol. The fourth-order valence-electron chi connectivity index (χ4n) is 3.48. The Kier molecular flexibility index (Phi) is 5.52. The Morgan fingerprint density at radius 2 is 1.82 bits per heavy atom. The molecule has 0 radical (unpaired) electrons. The van der Waals surface area contributed by atoms with E-state index in [0.717, 1.165) is 40.7 Å². The molecule has 142 valence electrons. The van der Waals surface area contributed by atoms with Gasteiger partial charge in [0.05, 0.1) is 12.7 Å². The summed E-state index contributed by atoms with van der Waals surface area (Å²) in [6.07, 6.45) is 5.69. The smallest absolute Gasteiger partial charge is 0.228 e. The van der Waals surface area contributed by atoms with E-state index in [4.69, 9.17) is 0 Å². The number of aromatic amines is 2. The minimum absolute atomic E-state index is 0.139. The molecule has 2 N–H and O–H groups in total. The van der Waals surface area contributed by atoms with Crippen LogP contribution >= 0.6 is 0 Å². The zero-order chi connectivity index (χ0) is 19.2. The normalized spacial score (nSPS) is 11.0. The number of fused-ring (bicyclic) bond motifs is 1. The number of para-hydroxylation sites is 1. The Morgan fingerprint density at radius 1 is 1.00 bits per heavy atom. The van der Waals surface area contributed by atoms with Crippen LogP contribution in [-0.2, 0) is 24.2 Å². The number of imidazole rings is 1. The first-order valence-electron chi connectivity index (χ1n) is 9.63. The van der Waals surface area contributed by atoms with Gasteiger partial charge in [-0.1, -0.05) is 48.5 Å². The molecule has 0 fully saturated rings. The third kappa shape index (κ3) is 4.49. The van der Waals surface area contributed by atoms with Gasteiger partial charge in [-0.25, -0.2) is 4.98 Å². The van der Waals surface area contributed by atoms with Gasteiger partial charge in [-0.15, -0.1) is 0 Å². The zero-order valence-electron chi connectivity index (χ0n) is 15.8. The highest BCUT2D eigenvalue weighted by Gasteiger charge is 2.16. The third-order valence-corrected chi connectivity index (χ3v) is 4.93. The molecule has 0 unspecified atom stereocenters. The van der Waals surface area contributed by atoms with Crippen LogP contribution in [0.3, 0.4) is 0 Å². The van der Waals surface area contributed by atoms with Gasteiger partial charge in [0.2, 0.25) is 5.91 Å². The third-order valence-electron chi connectivity index (χ3n) is 4.93. The molecular formula is C23H24N4O. The number of benzene rings is 2. The molecule has 5 heteroatoms. The summed E-state index contributed by atoms with van der Waals surface area (Å²) >= 11 is 0. The number of carbonyl (C=O) groups excluding carboxylic acids is 1. The first-order valence-corrected chi connectivity index (χ1v) is 9.63. The minimum atomic E-state index is 0.139. The maximum absolute atomic E-state index is 13.1. The molecule has 0 atom stereocenters. The monoisotopic (exact) mass is 372 g/mol. The van der Waals surface area contributed by atoms with Crippen LogP contribution < -0.4 is 0 Å². The molecule has 28 heavy (non-hydrogen) atoms. The molecule has 0 spiro atoms. The van der Waals surface area contributed by atoms with Crippen LogP contribution in [0, 0.1) is 0 Å². The standard InChI is InChI=1S/C23H24N4O/c28-23(14-21-13-19-9-4-5-11-22(19)26-21)27(16-18-7-2-1-3-8-18)12-6-10-20-15-24-17-25-20/h1-5,7-9,11,13,15,17,26H,6,10,12,14,16H2,(H,24,25). The van der Waals surface area contributed by atoms with Crippen LogP contribution in [0.4, 0.5) is 0 Å². The topological polar surface area (TPSA) is 64.8 Å². The molecule has 0 aliphatic heterocycles. The van der Waals surface area contributed by atoms with Crippen molar-refractivity contribution in [1.29, 1.82) is 0 Å². The van der Waals surface area contributed by atoms with Crippen molar-refractivity contribution in [3.63, 3.8) is 0 Å². The molecule has 2 heterocycles. The number of carbonyl (C=O) groups is 1. The fraction of sp³-hybridized carbons (Fsp3) is 0.217. The quantitative estimate of drug-likeness (QED) is 0.489. The largest absolute Gasteiger partial charge is 0.358 e. The fourth-order valence-corrected chi connectivity index (χ4v) is 3.48. The highest BCUT2D eigenvalue weighted by atomic mass is 16.2. The Hall–Kier alpha value is -3.34. The summed E-state index contributed by atoms with van der Waals surface area (Å²) in [6, 6.07) is 20.3. The van der Waals surface area contributed by atoms with Crippen molar-refractivity contribution in [2.24, 2.45) is 0 Å². The number of hydrogen-bond donors (Lipinski definition) is 2. The van der Waals surface area contributed by atoms with E-state index < -0.39 is 0 Å². The Morgan fingerprint density at radius 3 is 2.61 bits per heavy atom. The second-order valence-electron chi connectivity index (χ2n) is 7.04. The maximum atomic E-state index is 13.1. The molecule has 5 nitrogen and oxygen atoms in total. The predicted molar refractivity (Wildman–Crippen MR) is 111 cm³/mol. The lowest BCUT2D eigenvalue weighted by atomic mass is 10.1. The van der Waals surface area contributed by atoms with Crippen molar-refractivity contribution in [3.8, 4) is 0 Å². The number of nitrogens with zero attached hydrogens (tertiary/aromatic N) is 2. The summed E-state index contributed by atoms with van der Waals surface area (Å²) in [5, 5.41) is 1.14. The Balaban J connectivity index is 1.45. The van der Waals surface area contributed by atoms with Crippen molar-refractivity contribution in [1.82, 2.24) is 19.9 Å². The van der Waals surface area contributed by atoms with Crippen molar-refractivity contribution in [2.75, 3.05) is 6.54 Å². The SMILES string of the molecule is O=C(Cc1cc2ccccc2[nH]1)N(CCCc1cnc[nH]1)Cc1ccccc1. The van der Waals surface area contributed by atoms with E-state index in [-0.39, 0.29) is 5.91 Å². The molecule has 4 aromatic rings. The lowest BCUT2D eigenvalue weighted by Crippen LogP contribution is -2.33. The number of aryl methyl sites for hydroxylation is 1. The maximum Gasteiger partial charge on any atom is 0.228 e. The van der Waals surface area contributed by atoms with Crippen LogP contribution in [0.2, 0.25) is 0 Å². The first kappa shape index (κ1) is 18.0. The van der Waals surface area contributed by atoms with Gasteiger partial charge >= 0.3 is 0 Å². The molecule has 0 bridgehead atoms. The highest BCUT2D eigenvalue weighted by Crippen LogP contribution is 2.16. The van der Waals surface area contributed by atoms with Crippen molar-refractivity contribution in [3.05, 3.63) is 90.1 Å². The van der Waals surface area contributed by atoms with E-state index in [1.54, 1.807) is 6.33 Å². The zero-order valence-corrected chi connectivity index (χ0v) is 15.8. The predicted octanol–water partition coefficient (Wildman–Crippen LogP) is 4.10. The van der Waals surface area contributed by atoms with E-state index in [9.17, 15) is 4.79 Å². The average Bonchev–Trinajstić information content (AvgIpc) is 3.37. The van der Waals surface area contributed by atoms with E-state index >= 15 is 0 Å². The molecule has 2 aromatic heterocycles. The van der Waals surface area contributed by atoms with Gasteiger partial charge in [0, 0.05) is 36.2 Å². The van der Waals surface area contributed by atoms with Crippen molar-refractivity contribution in [2.45, 2.75) is 25.8 Å². The van der Waals surface area contributed by atoms with Gasteiger partial charge in [0.25, 0.3) is 0 Å². The molecule has 4 rings (SSSR count). The summed E-state index contributed by atoms with van der Waals surface area (Å²) in [6.45, 7) is 1.34. The molecule has 0 aliphatic carbocycles. The summed E-state index contributed by atoms with van der Waals surface area (Å²) in [5.74, 6) is 0.139. The summed E-state index contributed by atoms with van der Waals surface area (Å²) < 4.78 is 0. The Labute approximate surface area is 164 Å². The minimum Gasteiger partial charge on any atom is -0.358 e. The van der Waals surface area contributed by atoms with E-state index in [1.807, 2.05) is 47.5 Å². The van der Waals surface area contributed by atoms with Gasteiger partial charge in [0.15, 0.2) is 0 Å². The highest BCUT2D eigenvalue weighted by molar-refractivity contribution is 5.84. The summed E-state index contributed by atoms with van der Waals surface area (Å²) in [4.78, 5) is 25.6. The van der Waals surface area contributed by atoms with E-state index in [0.29, 0.717) is 19.5 Å². The lowest BCUT2D eigenvalue weighted by Gasteiger charge is -2.23. The Bertz CT molecular complexity index is 988. The average molecular weight is 372 g/mol. The lowest BCUT2D eigenvalue weighted by molar-refractivity contribution is -0.131. The van der Waals surface area contributed by atoms with Crippen molar-refractivity contribution < 1.29 is 4.79 Å². The van der Waals surface area contributed by atoms with Gasteiger partial charge in [-0.05, 0) is 35.9 Å². The van der Waals surface area contributed by atoms with Crippen LogP contribution in [0.25, 0.3) is 10.9 Å². The van der Waals surface area contributed by atoms with Crippen LogP contribution in [0.5, 0.6) is 0 Å². The number of H-pyrrole nitrogens is 2. The van der Waals surface area contributed by atoms with Crippen LogP contribution in [-0.4, -0.2) is 32.3 Å². The van der Waals surface area contributed by atoms with E-state index in [1.165, 1.54) is 0 Å². The van der Waals surface area contributed by atoms with Crippen LogP contribution in [0.1, 0.15) is 23.4 Å². The molecule has 0 saturated carbocycles. The summed E-state index contributed by atoms with van der Waals surface area (Å²) in [5.41, 5.74) is 4.27. The molecule has 1 amide bonds. The van der Waals surface area contributed by atoms with Gasteiger partial charge < -0.3 is 14.9 Å². The number of aromatic nitrogens is 3. The second-order valence-corrected chi connectivity index (χ2v) is 7.04. The van der Waals surface area contributed by atoms with Gasteiger partial charge in [0.1, 0.15) is 0 Å². The number of nitrogens with one attached hydrogen (secondary N) is 2. The second kappa shape index (κ2) is 8.57. The number of rotatable bonds is 8. The number of amides is 1. The van der Waals surface area contributed by atoms with Gasteiger partial charge in [-0.2, -0.15) is 0 Å². The number of hydrogen-bond acceptors (Lipinski definition) is 2. The van der Waals surface area contributed by atoms with Gasteiger partial charge in [-0.3, -0.25) is 4.79 Å². The van der Waals surface area contributed by atoms with Crippen molar-refractivity contribution >= 4 is 16.8 Å². The summed E-state index contributed by atoms with van der Waals surface area (Å²) in [7, 11) is 0. The molecule has 0 saturated heterocycles. The van der Waals surface area contributed by atoms with Crippen LogP contribution in [0.15, 0.2) is 73.2 Å².